The van der Waals surface area contributed by atoms with Gasteiger partial charge in [0.2, 0.25) is 0 Å². The molecule has 0 unspecified atom stereocenters. The molecule has 1 atom stereocenters. The van der Waals surface area contributed by atoms with Crippen molar-refractivity contribution in [1.82, 2.24) is 9.97 Å². The first kappa shape index (κ1) is 19.9. The number of nitrogens with zero attached hydrogens (tertiary/aromatic N) is 3. The summed E-state index contributed by atoms with van der Waals surface area (Å²) >= 11 is 0. The van der Waals surface area contributed by atoms with Crippen molar-refractivity contribution >= 4 is 27.9 Å². The smallest absolute Gasteiger partial charge is 0.196 e. The van der Waals surface area contributed by atoms with Crippen LogP contribution < -0.4 is 4.90 Å². The number of rotatable bonds is 7. The van der Waals surface area contributed by atoms with Crippen LogP contribution in [-0.4, -0.2) is 41.4 Å². The molecule has 2 aromatic heterocycles. The number of ether oxygens (including phenoxy) is 2. The van der Waals surface area contributed by atoms with E-state index in [2.05, 4.69) is 32.3 Å². The van der Waals surface area contributed by atoms with Crippen LogP contribution in [0.1, 0.15) is 39.4 Å². The third kappa shape index (κ3) is 4.28. The standard InChI is InChI=1S/C23H29N3O3/c1-5-13-27-15-19-24-20-17-10-6-7-11-18(17)29-21(20)22(25-19)26-12-8-9-16(26)14-28-23(2,3)4/h5-7,10-11,16H,1,8-9,12-15H2,2-4H3/t16-/m0/s1. The fourth-order valence-electron chi connectivity index (χ4n) is 3.75. The van der Waals surface area contributed by atoms with E-state index in [1.165, 1.54) is 0 Å². The van der Waals surface area contributed by atoms with E-state index >= 15 is 0 Å². The van der Waals surface area contributed by atoms with Gasteiger partial charge in [-0.05, 0) is 45.7 Å². The summed E-state index contributed by atoms with van der Waals surface area (Å²) in [6.07, 6.45) is 3.91. The molecule has 6 heteroatoms. The van der Waals surface area contributed by atoms with Crippen molar-refractivity contribution < 1.29 is 13.9 Å². The van der Waals surface area contributed by atoms with Gasteiger partial charge in [-0.2, -0.15) is 0 Å². The quantitative estimate of drug-likeness (QED) is 0.420. The van der Waals surface area contributed by atoms with Gasteiger partial charge in [-0.1, -0.05) is 18.2 Å². The van der Waals surface area contributed by atoms with Crippen molar-refractivity contribution in [3.63, 3.8) is 0 Å². The highest BCUT2D eigenvalue weighted by Crippen LogP contribution is 2.36. The monoisotopic (exact) mass is 395 g/mol. The molecule has 1 saturated heterocycles. The molecule has 29 heavy (non-hydrogen) atoms. The van der Waals surface area contributed by atoms with Gasteiger partial charge in [0.25, 0.3) is 0 Å². The topological polar surface area (TPSA) is 60.6 Å². The van der Waals surface area contributed by atoms with E-state index in [-0.39, 0.29) is 11.6 Å². The zero-order valence-electron chi connectivity index (χ0n) is 17.5. The van der Waals surface area contributed by atoms with Gasteiger partial charge in [0.15, 0.2) is 17.2 Å². The molecule has 0 bridgehead atoms. The van der Waals surface area contributed by atoms with Crippen molar-refractivity contribution in [2.45, 2.75) is 51.9 Å². The summed E-state index contributed by atoms with van der Waals surface area (Å²) in [5.74, 6) is 1.49. The zero-order chi connectivity index (χ0) is 20.4. The molecule has 0 aliphatic carbocycles. The predicted molar refractivity (Wildman–Crippen MR) is 115 cm³/mol. The summed E-state index contributed by atoms with van der Waals surface area (Å²) < 4.78 is 17.9. The molecule has 0 radical (unpaired) electrons. The minimum atomic E-state index is -0.168. The second-order valence-electron chi connectivity index (χ2n) is 8.46. The molecule has 0 saturated carbocycles. The van der Waals surface area contributed by atoms with Crippen molar-refractivity contribution in [3.05, 3.63) is 42.7 Å². The van der Waals surface area contributed by atoms with Crippen LogP contribution in [0.4, 0.5) is 5.82 Å². The third-order valence-electron chi connectivity index (χ3n) is 5.07. The summed E-state index contributed by atoms with van der Waals surface area (Å²) in [7, 11) is 0. The highest BCUT2D eigenvalue weighted by atomic mass is 16.5. The lowest BCUT2D eigenvalue weighted by atomic mass is 10.1. The van der Waals surface area contributed by atoms with Crippen LogP contribution in [0.2, 0.25) is 0 Å². The van der Waals surface area contributed by atoms with Gasteiger partial charge in [0.05, 0.1) is 24.9 Å². The van der Waals surface area contributed by atoms with Crippen LogP contribution in [0.15, 0.2) is 41.3 Å². The molecule has 0 amide bonds. The lowest BCUT2D eigenvalue weighted by molar-refractivity contribution is -0.00939. The fourth-order valence-corrected chi connectivity index (χ4v) is 3.75. The molecule has 1 aliphatic heterocycles. The molecule has 3 heterocycles. The van der Waals surface area contributed by atoms with Gasteiger partial charge in [-0.25, -0.2) is 9.97 Å². The van der Waals surface area contributed by atoms with Crippen LogP contribution in [0.5, 0.6) is 0 Å². The van der Waals surface area contributed by atoms with Gasteiger partial charge < -0.3 is 18.8 Å². The number of benzene rings is 1. The molecule has 3 aromatic rings. The Kier molecular flexibility index (Phi) is 5.56. The summed E-state index contributed by atoms with van der Waals surface area (Å²) in [4.78, 5) is 11.9. The maximum atomic E-state index is 6.21. The van der Waals surface area contributed by atoms with Crippen LogP contribution in [-0.2, 0) is 16.1 Å². The Morgan fingerprint density at radius 3 is 2.90 bits per heavy atom. The van der Waals surface area contributed by atoms with Gasteiger partial charge in [0, 0.05) is 11.9 Å². The summed E-state index contributed by atoms with van der Waals surface area (Å²) in [5.41, 5.74) is 2.23. The van der Waals surface area contributed by atoms with Crippen molar-refractivity contribution in [1.29, 1.82) is 0 Å². The first-order valence-electron chi connectivity index (χ1n) is 10.2. The van der Waals surface area contributed by atoms with E-state index in [4.69, 9.17) is 23.9 Å². The maximum Gasteiger partial charge on any atom is 0.196 e. The second kappa shape index (κ2) is 8.13. The average molecular weight is 396 g/mol. The van der Waals surface area contributed by atoms with E-state index < -0.39 is 0 Å². The van der Waals surface area contributed by atoms with Crippen molar-refractivity contribution in [3.8, 4) is 0 Å². The Bertz CT molecular complexity index is 1010. The predicted octanol–water partition coefficient (Wildman–Crippen LogP) is 4.86. The first-order chi connectivity index (χ1) is 14.0. The first-order valence-corrected chi connectivity index (χ1v) is 10.2. The van der Waals surface area contributed by atoms with Crippen LogP contribution in [0.3, 0.4) is 0 Å². The molecule has 1 aromatic carbocycles. The molecule has 1 aliphatic rings. The normalized spacial score (nSPS) is 17.5. The largest absolute Gasteiger partial charge is 0.450 e. The van der Waals surface area contributed by atoms with Crippen molar-refractivity contribution in [2.75, 3.05) is 24.7 Å². The molecule has 154 valence electrons. The molecule has 4 rings (SSSR count). The minimum absolute atomic E-state index is 0.168. The zero-order valence-corrected chi connectivity index (χ0v) is 17.5. The Balaban J connectivity index is 1.75. The highest BCUT2D eigenvalue weighted by molar-refractivity contribution is 6.05. The molecular formula is C23H29N3O3. The van der Waals surface area contributed by atoms with Gasteiger partial charge in [-0.15, -0.1) is 6.58 Å². The van der Waals surface area contributed by atoms with E-state index in [0.29, 0.717) is 25.6 Å². The van der Waals surface area contributed by atoms with Gasteiger partial charge >= 0.3 is 0 Å². The number of hydrogen-bond acceptors (Lipinski definition) is 6. The Hall–Kier alpha value is -2.44. The SMILES string of the molecule is C=CCOCc1nc(N2CCC[C@H]2COC(C)(C)C)c2oc3ccccc3c2n1. The molecule has 1 fully saturated rings. The van der Waals surface area contributed by atoms with E-state index in [1.807, 2.05) is 24.3 Å². The van der Waals surface area contributed by atoms with E-state index in [1.54, 1.807) is 6.08 Å². The number of aromatic nitrogens is 2. The highest BCUT2D eigenvalue weighted by Gasteiger charge is 2.31. The fraction of sp³-hybridized carbons (Fsp3) is 0.478. The Morgan fingerprint density at radius 2 is 2.10 bits per heavy atom. The number of furan rings is 1. The Morgan fingerprint density at radius 1 is 1.28 bits per heavy atom. The minimum Gasteiger partial charge on any atom is -0.450 e. The molecule has 0 spiro atoms. The van der Waals surface area contributed by atoms with Crippen molar-refractivity contribution in [2.24, 2.45) is 0 Å². The van der Waals surface area contributed by atoms with E-state index in [0.717, 1.165) is 47.3 Å². The average Bonchev–Trinajstić information content (AvgIpc) is 3.30. The number of fused-ring (bicyclic) bond motifs is 3. The number of anilines is 1. The molecular weight excluding hydrogens is 366 g/mol. The van der Waals surface area contributed by atoms with Gasteiger partial charge in [-0.3, -0.25) is 0 Å². The molecule has 0 N–H and O–H groups in total. The van der Waals surface area contributed by atoms with Crippen LogP contribution >= 0.6 is 0 Å². The summed E-state index contributed by atoms with van der Waals surface area (Å²) in [5, 5.41) is 0.998. The second-order valence-corrected chi connectivity index (χ2v) is 8.46. The molecule has 6 nitrogen and oxygen atoms in total. The lowest BCUT2D eigenvalue weighted by Crippen LogP contribution is -2.36. The van der Waals surface area contributed by atoms with Crippen LogP contribution in [0.25, 0.3) is 22.1 Å². The van der Waals surface area contributed by atoms with Gasteiger partial charge in [0.1, 0.15) is 17.7 Å². The maximum absolute atomic E-state index is 6.21. The lowest BCUT2D eigenvalue weighted by Gasteiger charge is -2.29. The number of hydrogen-bond donors (Lipinski definition) is 0. The summed E-state index contributed by atoms with van der Waals surface area (Å²) in [6, 6.07) is 8.25. The van der Waals surface area contributed by atoms with E-state index in [9.17, 15) is 0 Å². The summed E-state index contributed by atoms with van der Waals surface area (Å²) in [6.45, 7) is 12.4. The third-order valence-corrected chi connectivity index (χ3v) is 5.07. The van der Waals surface area contributed by atoms with Crippen LogP contribution in [0, 0.1) is 0 Å². The Labute approximate surface area is 171 Å². The number of para-hydroxylation sites is 1.